The molecule has 31 heavy (non-hydrogen) atoms. The Labute approximate surface area is 185 Å². The van der Waals surface area contributed by atoms with Gasteiger partial charge in [0.15, 0.2) is 11.5 Å². The molecule has 0 radical (unpaired) electrons. The maximum Gasteiger partial charge on any atom is 0.244 e. The van der Waals surface area contributed by atoms with E-state index < -0.39 is 0 Å². The van der Waals surface area contributed by atoms with Crippen molar-refractivity contribution in [3.63, 3.8) is 0 Å². The number of ether oxygens (including phenoxy) is 3. The lowest BCUT2D eigenvalue weighted by atomic mass is 10.1. The van der Waals surface area contributed by atoms with Crippen molar-refractivity contribution in [3.8, 4) is 22.4 Å². The molecule has 0 saturated carbocycles. The molecule has 1 amide bonds. The van der Waals surface area contributed by atoms with Gasteiger partial charge < -0.3 is 19.5 Å². The lowest BCUT2D eigenvalue weighted by Crippen LogP contribution is -2.23. The number of nitrogens with one attached hydrogen (secondary N) is 1. The summed E-state index contributed by atoms with van der Waals surface area (Å²) in [6, 6.07) is 5.57. The van der Waals surface area contributed by atoms with Crippen LogP contribution in [-0.2, 0) is 11.2 Å². The number of hydrogen-bond donors (Lipinski definition) is 1. The zero-order valence-electron chi connectivity index (χ0n) is 18.3. The van der Waals surface area contributed by atoms with Crippen molar-refractivity contribution in [2.45, 2.75) is 20.3 Å². The first-order chi connectivity index (χ1) is 14.9. The molecule has 0 aliphatic carbocycles. The van der Waals surface area contributed by atoms with Crippen molar-refractivity contribution >= 4 is 23.3 Å². The number of methoxy groups -OCH3 is 3. The van der Waals surface area contributed by atoms with E-state index in [1.54, 1.807) is 39.5 Å². The summed E-state index contributed by atoms with van der Waals surface area (Å²) >= 11 is 1.54. The van der Waals surface area contributed by atoms with E-state index >= 15 is 0 Å². The summed E-state index contributed by atoms with van der Waals surface area (Å²) < 4.78 is 17.8. The molecule has 0 fully saturated rings. The Kier molecular flexibility index (Phi) is 7.30. The second-order valence-electron chi connectivity index (χ2n) is 6.79. The molecule has 164 valence electrons. The molecular weight excluding hydrogens is 416 g/mol. The Morgan fingerprint density at radius 3 is 2.42 bits per heavy atom. The Hall–Kier alpha value is -3.33. The molecule has 9 heteroatoms. The predicted octanol–water partition coefficient (Wildman–Crippen LogP) is 3.34. The van der Waals surface area contributed by atoms with Gasteiger partial charge in [-0.3, -0.25) is 4.79 Å². The van der Waals surface area contributed by atoms with E-state index in [-0.39, 0.29) is 5.91 Å². The third-order valence-corrected chi connectivity index (χ3v) is 5.39. The number of nitrogens with zero attached hydrogens (tertiary/aromatic N) is 3. The van der Waals surface area contributed by atoms with Crippen LogP contribution >= 0.6 is 11.3 Å². The predicted molar refractivity (Wildman–Crippen MR) is 121 cm³/mol. The second-order valence-corrected chi connectivity index (χ2v) is 7.63. The first-order valence-electron chi connectivity index (χ1n) is 9.69. The summed E-state index contributed by atoms with van der Waals surface area (Å²) in [4.78, 5) is 16.8. The number of amides is 1. The van der Waals surface area contributed by atoms with Crippen LogP contribution in [0.15, 0.2) is 29.7 Å². The highest BCUT2D eigenvalue weighted by Gasteiger charge is 2.12. The van der Waals surface area contributed by atoms with Gasteiger partial charge in [0.2, 0.25) is 16.8 Å². The minimum Gasteiger partial charge on any atom is -0.493 e. The Morgan fingerprint density at radius 2 is 1.84 bits per heavy atom. The van der Waals surface area contributed by atoms with Crippen LogP contribution < -0.4 is 19.5 Å². The van der Waals surface area contributed by atoms with E-state index in [0.29, 0.717) is 30.2 Å². The summed E-state index contributed by atoms with van der Waals surface area (Å²) in [6.45, 7) is 4.44. The molecule has 0 saturated heterocycles. The molecule has 0 bridgehead atoms. The van der Waals surface area contributed by atoms with Crippen molar-refractivity contribution < 1.29 is 19.0 Å². The van der Waals surface area contributed by atoms with Crippen molar-refractivity contribution in [2.24, 2.45) is 0 Å². The number of aromatic nitrogens is 3. The standard InChI is InChI=1S/C22H26N4O4S/c1-14-10-15(2)26(25-14)22-24-17(13-31-22)8-9-23-20(27)7-6-16-11-18(28-3)21(30-5)19(12-16)29-4/h6-7,10-13H,8-9H2,1-5H3,(H,23,27)/b7-6+. The fraction of sp³-hybridized carbons (Fsp3) is 0.318. The maximum absolute atomic E-state index is 12.2. The summed E-state index contributed by atoms with van der Waals surface area (Å²) in [6.07, 6.45) is 3.81. The number of carbonyl (C=O) groups is 1. The van der Waals surface area contributed by atoms with Gasteiger partial charge in [0.05, 0.1) is 32.7 Å². The van der Waals surface area contributed by atoms with Gasteiger partial charge in [-0.1, -0.05) is 0 Å². The normalized spacial score (nSPS) is 11.0. The molecule has 1 N–H and O–H groups in total. The highest BCUT2D eigenvalue weighted by atomic mass is 32.1. The lowest BCUT2D eigenvalue weighted by molar-refractivity contribution is -0.116. The number of rotatable bonds is 9. The molecule has 2 heterocycles. The molecule has 0 unspecified atom stereocenters. The van der Waals surface area contributed by atoms with Crippen LogP contribution in [0.5, 0.6) is 17.2 Å². The zero-order valence-corrected chi connectivity index (χ0v) is 19.1. The molecule has 0 atom stereocenters. The number of carbonyl (C=O) groups excluding carboxylic acids is 1. The monoisotopic (exact) mass is 442 g/mol. The second kappa shape index (κ2) is 10.1. The van der Waals surface area contributed by atoms with E-state index in [4.69, 9.17) is 14.2 Å². The van der Waals surface area contributed by atoms with Gasteiger partial charge in [0.1, 0.15) is 0 Å². The molecule has 8 nitrogen and oxygen atoms in total. The fourth-order valence-corrected chi connectivity index (χ4v) is 3.94. The third kappa shape index (κ3) is 5.43. The first-order valence-corrected chi connectivity index (χ1v) is 10.6. The number of thiazole rings is 1. The summed E-state index contributed by atoms with van der Waals surface area (Å²) in [5.74, 6) is 1.38. The number of benzene rings is 1. The Morgan fingerprint density at radius 1 is 1.13 bits per heavy atom. The van der Waals surface area contributed by atoms with Gasteiger partial charge >= 0.3 is 0 Å². The SMILES string of the molecule is COc1cc(/C=C/C(=O)NCCc2csc(-n3nc(C)cc3C)n2)cc(OC)c1OC. The van der Waals surface area contributed by atoms with Crippen molar-refractivity contribution in [3.05, 3.63) is 52.3 Å². The van der Waals surface area contributed by atoms with Crippen LogP contribution in [0.2, 0.25) is 0 Å². The van der Waals surface area contributed by atoms with Crippen LogP contribution in [0.1, 0.15) is 22.6 Å². The summed E-state index contributed by atoms with van der Waals surface area (Å²) in [7, 11) is 4.65. The number of hydrogen-bond acceptors (Lipinski definition) is 7. The van der Waals surface area contributed by atoms with Crippen molar-refractivity contribution in [2.75, 3.05) is 27.9 Å². The smallest absolute Gasteiger partial charge is 0.244 e. The van der Waals surface area contributed by atoms with E-state index in [0.717, 1.165) is 27.8 Å². The summed E-state index contributed by atoms with van der Waals surface area (Å²) in [5.41, 5.74) is 3.68. The minimum atomic E-state index is -0.192. The Balaban J connectivity index is 1.56. The fourth-order valence-electron chi connectivity index (χ4n) is 3.07. The quantitative estimate of drug-likeness (QED) is 0.512. The van der Waals surface area contributed by atoms with Gasteiger partial charge in [-0.05, 0) is 43.7 Å². The lowest BCUT2D eigenvalue weighted by Gasteiger charge is -2.12. The first kappa shape index (κ1) is 22.4. The van der Waals surface area contributed by atoms with E-state index in [2.05, 4.69) is 15.4 Å². The van der Waals surface area contributed by atoms with E-state index in [9.17, 15) is 4.79 Å². The topological polar surface area (TPSA) is 87.5 Å². The zero-order chi connectivity index (χ0) is 22.4. The molecule has 3 rings (SSSR count). The summed E-state index contributed by atoms with van der Waals surface area (Å²) in [5, 5.41) is 10.1. The largest absolute Gasteiger partial charge is 0.493 e. The average molecular weight is 443 g/mol. The third-order valence-electron chi connectivity index (χ3n) is 4.52. The van der Waals surface area contributed by atoms with Gasteiger partial charge in [-0.2, -0.15) is 5.10 Å². The van der Waals surface area contributed by atoms with Crippen LogP contribution in [-0.4, -0.2) is 48.5 Å². The average Bonchev–Trinajstić information content (AvgIpc) is 3.36. The molecule has 1 aromatic carbocycles. The number of aryl methyl sites for hydroxylation is 2. The van der Waals surface area contributed by atoms with Crippen molar-refractivity contribution in [1.29, 1.82) is 0 Å². The molecule has 0 aliphatic heterocycles. The van der Waals surface area contributed by atoms with Gasteiger partial charge in [0.25, 0.3) is 0 Å². The molecular formula is C22H26N4O4S. The van der Waals surface area contributed by atoms with Crippen molar-refractivity contribution in [1.82, 2.24) is 20.1 Å². The maximum atomic E-state index is 12.2. The molecule has 3 aromatic rings. The van der Waals surface area contributed by atoms with Crippen LogP contribution in [0, 0.1) is 13.8 Å². The highest BCUT2D eigenvalue weighted by Crippen LogP contribution is 2.38. The highest BCUT2D eigenvalue weighted by molar-refractivity contribution is 7.12. The minimum absolute atomic E-state index is 0.192. The van der Waals surface area contributed by atoms with E-state index in [1.165, 1.54) is 17.4 Å². The van der Waals surface area contributed by atoms with Gasteiger partial charge in [-0.15, -0.1) is 11.3 Å². The van der Waals surface area contributed by atoms with E-state index in [1.807, 2.05) is 30.0 Å². The molecule has 0 spiro atoms. The van der Waals surface area contributed by atoms with Gasteiger partial charge in [-0.25, -0.2) is 9.67 Å². The molecule has 0 aliphatic rings. The van der Waals surface area contributed by atoms with Crippen LogP contribution in [0.4, 0.5) is 0 Å². The van der Waals surface area contributed by atoms with Gasteiger partial charge in [0, 0.05) is 30.1 Å². The van der Waals surface area contributed by atoms with Crippen LogP contribution in [0.25, 0.3) is 11.2 Å². The molecule has 2 aromatic heterocycles. The van der Waals surface area contributed by atoms with Crippen LogP contribution in [0.3, 0.4) is 0 Å². The Bertz CT molecular complexity index is 1060.